The normalized spacial score (nSPS) is 17.6. The summed E-state index contributed by atoms with van der Waals surface area (Å²) in [6.45, 7) is 7.63. The molecule has 31 heavy (non-hydrogen) atoms. The molecule has 0 saturated carbocycles. The number of aliphatic hydroxyl groups is 2. The quantitative estimate of drug-likeness (QED) is 0.358. The number of carboxylic acid groups (broad SMARTS) is 2. The van der Waals surface area contributed by atoms with E-state index in [1.165, 1.54) is 23.1 Å². The smallest absolute Gasteiger partial charge is 0.335 e. The molecule has 0 bridgehead atoms. The number of hydrogen-bond donors (Lipinski definition) is 4. The first-order valence-electron chi connectivity index (χ1n) is 9.98. The Labute approximate surface area is 189 Å². The lowest BCUT2D eigenvalue weighted by Crippen LogP contribution is -2.39. The van der Waals surface area contributed by atoms with Crippen molar-refractivity contribution in [3.8, 4) is 0 Å². The second kappa shape index (κ2) is 14.3. The summed E-state index contributed by atoms with van der Waals surface area (Å²) < 4.78 is 0. The number of aliphatic imine (C=N–C) groups is 1. The number of carboxylic acids is 2. The van der Waals surface area contributed by atoms with Gasteiger partial charge in [-0.2, -0.15) is 0 Å². The maximum Gasteiger partial charge on any atom is 0.335 e. The first-order chi connectivity index (χ1) is 14.6. The van der Waals surface area contributed by atoms with E-state index >= 15 is 0 Å². The van der Waals surface area contributed by atoms with Gasteiger partial charge >= 0.3 is 17.2 Å². The molecule has 9 nitrogen and oxygen atoms in total. The van der Waals surface area contributed by atoms with Gasteiger partial charge in [-0.15, -0.1) is 11.3 Å². The number of carbonyl (C=O) groups is 3. The van der Waals surface area contributed by atoms with Crippen molar-refractivity contribution >= 4 is 46.0 Å². The summed E-state index contributed by atoms with van der Waals surface area (Å²) in [6, 6.07) is 4.34. The Bertz CT molecular complexity index is 722. The van der Waals surface area contributed by atoms with E-state index in [-0.39, 0.29) is 5.24 Å². The maximum absolute atomic E-state index is 11.3. The van der Waals surface area contributed by atoms with Gasteiger partial charge in [-0.25, -0.2) is 14.6 Å². The van der Waals surface area contributed by atoms with Crippen LogP contribution in [0.4, 0.5) is 4.79 Å². The molecule has 1 aromatic rings. The molecule has 174 valence electrons. The third kappa shape index (κ3) is 10.4. The van der Waals surface area contributed by atoms with Crippen molar-refractivity contribution < 1.29 is 34.8 Å². The summed E-state index contributed by atoms with van der Waals surface area (Å²) in [6.07, 6.45) is 0.0128. The van der Waals surface area contributed by atoms with Crippen LogP contribution >= 0.6 is 23.1 Å². The molecule has 3 atom stereocenters. The van der Waals surface area contributed by atoms with Crippen LogP contribution in [0.15, 0.2) is 22.5 Å². The van der Waals surface area contributed by atoms with Gasteiger partial charge in [0.15, 0.2) is 12.2 Å². The van der Waals surface area contributed by atoms with E-state index in [0.717, 1.165) is 44.6 Å². The van der Waals surface area contributed by atoms with Gasteiger partial charge in [0.05, 0.1) is 5.25 Å². The molecule has 0 aliphatic carbocycles. The van der Waals surface area contributed by atoms with Gasteiger partial charge in [-0.3, -0.25) is 4.79 Å². The zero-order valence-corrected chi connectivity index (χ0v) is 19.3. The Morgan fingerprint density at radius 1 is 1.16 bits per heavy atom. The molecular formula is C20H30N2O7S2. The summed E-state index contributed by atoms with van der Waals surface area (Å²) in [5, 5.41) is 35.0. The van der Waals surface area contributed by atoms with E-state index < -0.39 is 24.1 Å². The Kier molecular flexibility index (Phi) is 12.6. The monoisotopic (exact) mass is 474 g/mol. The van der Waals surface area contributed by atoms with Gasteiger partial charge in [0, 0.05) is 17.1 Å². The van der Waals surface area contributed by atoms with E-state index in [1.54, 1.807) is 0 Å². The van der Waals surface area contributed by atoms with Crippen molar-refractivity contribution in [1.82, 2.24) is 4.90 Å². The molecule has 11 heteroatoms. The number of amides is 1. The minimum Gasteiger partial charge on any atom is -0.479 e. The maximum atomic E-state index is 11.3. The third-order valence-electron chi connectivity index (χ3n) is 4.52. The summed E-state index contributed by atoms with van der Waals surface area (Å²) in [4.78, 5) is 38.8. The molecular weight excluding hydrogens is 444 g/mol. The standard InChI is InChI=1S/C16H24N2OS2.C4H6O6/c1-3-9-18(11-8-14-6-5-12-20-14)10-4-7-15-13(2)17-16(19)21-15;5-1(3(7)8)2(6)4(9)10/h5-6,12,15H,3-4,7-11H2,1-2H3;1-2,5-6H,(H,7,8)(H,9,10). The predicted octanol–water partition coefficient (Wildman–Crippen LogP) is 2.36. The van der Waals surface area contributed by atoms with Crippen LogP contribution in [-0.2, 0) is 16.0 Å². The highest BCUT2D eigenvalue weighted by Crippen LogP contribution is 2.26. The molecule has 0 fully saturated rings. The number of carbonyl (C=O) groups excluding carboxylic acids is 1. The van der Waals surface area contributed by atoms with E-state index in [2.05, 4.69) is 34.3 Å². The SMILES string of the molecule is CCCN(CCCC1SC(=O)N=C1C)CCc1cccs1.O=C(O)C(O)C(O)C(=O)O. The predicted molar refractivity (Wildman–Crippen MR) is 121 cm³/mol. The van der Waals surface area contributed by atoms with E-state index in [9.17, 15) is 14.4 Å². The molecule has 4 N–H and O–H groups in total. The molecule has 1 amide bonds. The highest BCUT2D eigenvalue weighted by atomic mass is 32.2. The number of rotatable bonds is 12. The zero-order valence-electron chi connectivity index (χ0n) is 17.6. The second-order valence-corrected chi connectivity index (χ2v) is 9.19. The topological polar surface area (TPSA) is 148 Å². The van der Waals surface area contributed by atoms with Crippen molar-refractivity contribution in [2.24, 2.45) is 4.99 Å². The van der Waals surface area contributed by atoms with Crippen LogP contribution in [0.3, 0.4) is 0 Å². The van der Waals surface area contributed by atoms with Crippen LogP contribution in [0.2, 0.25) is 0 Å². The Balaban J connectivity index is 0.000000407. The lowest BCUT2D eigenvalue weighted by atomic mass is 10.1. The number of thioether (sulfide) groups is 1. The van der Waals surface area contributed by atoms with E-state index in [4.69, 9.17) is 20.4 Å². The molecule has 0 aromatic carbocycles. The molecule has 1 aliphatic heterocycles. The lowest BCUT2D eigenvalue weighted by Gasteiger charge is -2.22. The Morgan fingerprint density at radius 3 is 2.26 bits per heavy atom. The molecule has 1 aliphatic rings. The van der Waals surface area contributed by atoms with Crippen molar-refractivity contribution in [2.75, 3.05) is 19.6 Å². The molecule has 0 spiro atoms. The second-order valence-electron chi connectivity index (χ2n) is 7.00. The average molecular weight is 475 g/mol. The highest BCUT2D eigenvalue weighted by Gasteiger charge is 2.29. The van der Waals surface area contributed by atoms with Crippen molar-refractivity contribution in [1.29, 1.82) is 0 Å². The molecule has 2 heterocycles. The Hall–Kier alpha value is -1.79. The van der Waals surface area contributed by atoms with Gasteiger partial charge in [0.1, 0.15) is 0 Å². The fourth-order valence-electron chi connectivity index (χ4n) is 2.86. The van der Waals surface area contributed by atoms with Crippen molar-refractivity contribution in [3.63, 3.8) is 0 Å². The fraction of sp³-hybridized carbons (Fsp3) is 0.600. The molecule has 0 radical (unpaired) electrons. The number of nitrogens with zero attached hydrogens (tertiary/aromatic N) is 2. The van der Waals surface area contributed by atoms with Crippen LogP contribution < -0.4 is 0 Å². The summed E-state index contributed by atoms with van der Waals surface area (Å²) >= 11 is 3.24. The van der Waals surface area contributed by atoms with Crippen LogP contribution in [0.25, 0.3) is 0 Å². The van der Waals surface area contributed by atoms with Crippen LogP contribution in [0.5, 0.6) is 0 Å². The van der Waals surface area contributed by atoms with Gasteiger partial charge in [0.2, 0.25) is 0 Å². The minimum atomic E-state index is -2.27. The van der Waals surface area contributed by atoms with E-state index in [0.29, 0.717) is 5.25 Å². The summed E-state index contributed by atoms with van der Waals surface area (Å²) in [5.41, 5.74) is 1.01. The number of aliphatic carboxylic acids is 2. The van der Waals surface area contributed by atoms with Gasteiger partial charge in [-0.05, 0) is 57.1 Å². The molecule has 1 aromatic heterocycles. The largest absolute Gasteiger partial charge is 0.479 e. The molecule has 3 unspecified atom stereocenters. The number of aliphatic hydroxyl groups excluding tert-OH is 2. The Morgan fingerprint density at radius 2 is 1.81 bits per heavy atom. The first-order valence-corrected chi connectivity index (χ1v) is 11.7. The van der Waals surface area contributed by atoms with E-state index in [1.807, 2.05) is 18.3 Å². The summed E-state index contributed by atoms with van der Waals surface area (Å²) in [7, 11) is 0. The van der Waals surface area contributed by atoms with Crippen LogP contribution in [0.1, 0.15) is 38.0 Å². The van der Waals surface area contributed by atoms with Crippen LogP contribution in [0, 0.1) is 0 Å². The molecule has 0 saturated heterocycles. The third-order valence-corrected chi connectivity index (χ3v) is 6.61. The highest BCUT2D eigenvalue weighted by molar-refractivity contribution is 8.15. The summed E-state index contributed by atoms with van der Waals surface area (Å²) in [5.74, 6) is -3.54. The molecule has 2 rings (SSSR count). The van der Waals surface area contributed by atoms with Gasteiger partial charge in [-0.1, -0.05) is 24.8 Å². The number of thiophene rings is 1. The fourth-order valence-corrected chi connectivity index (χ4v) is 4.51. The van der Waals surface area contributed by atoms with Gasteiger partial charge in [0.25, 0.3) is 0 Å². The van der Waals surface area contributed by atoms with Gasteiger partial charge < -0.3 is 25.3 Å². The first kappa shape index (κ1) is 27.2. The lowest BCUT2D eigenvalue weighted by molar-refractivity contribution is -0.165. The van der Waals surface area contributed by atoms with Crippen molar-refractivity contribution in [3.05, 3.63) is 22.4 Å². The minimum absolute atomic E-state index is 0.0133. The van der Waals surface area contributed by atoms with Crippen LogP contribution in [-0.4, -0.2) is 85.3 Å². The number of hydrogen-bond acceptors (Lipinski definition) is 8. The van der Waals surface area contributed by atoms with Crippen molar-refractivity contribution in [2.45, 2.75) is 57.0 Å². The zero-order chi connectivity index (χ0) is 23.4. The average Bonchev–Trinajstić information content (AvgIpc) is 3.34.